The Balaban J connectivity index is 1.21. The summed E-state index contributed by atoms with van der Waals surface area (Å²) in [5, 5.41) is 22.5. The summed E-state index contributed by atoms with van der Waals surface area (Å²) >= 11 is 0. The second kappa shape index (κ2) is 9.06. The Labute approximate surface area is 238 Å². The molecule has 4 saturated heterocycles. The summed E-state index contributed by atoms with van der Waals surface area (Å²) in [5.41, 5.74) is -2.53. The number of aliphatic hydroxyl groups is 1. The molecule has 0 amide bonds. The van der Waals surface area contributed by atoms with Gasteiger partial charge in [-0.1, -0.05) is 38.8 Å². The molecule has 0 spiro atoms. The first kappa shape index (κ1) is 27.9. The van der Waals surface area contributed by atoms with Gasteiger partial charge in [-0.2, -0.15) is 0 Å². The minimum Gasteiger partial charge on any atom is -0.481 e. The maximum atomic E-state index is 13.7. The minimum atomic E-state index is -1.86. The molecular weight excluding hydrogens is 536 g/mol. The van der Waals surface area contributed by atoms with Gasteiger partial charge in [0.1, 0.15) is 36.6 Å². The van der Waals surface area contributed by atoms with E-state index in [-0.39, 0.29) is 43.5 Å². The van der Waals surface area contributed by atoms with E-state index in [4.69, 9.17) is 28.4 Å². The fourth-order valence-electron chi connectivity index (χ4n) is 10.4. The van der Waals surface area contributed by atoms with Crippen molar-refractivity contribution < 1.29 is 53.0 Å². The zero-order valence-corrected chi connectivity index (χ0v) is 23.9. The van der Waals surface area contributed by atoms with Gasteiger partial charge in [0.2, 0.25) is 0 Å². The number of esters is 1. The highest BCUT2D eigenvalue weighted by atomic mass is 17.0. The van der Waals surface area contributed by atoms with Crippen LogP contribution in [0.2, 0.25) is 0 Å². The van der Waals surface area contributed by atoms with Gasteiger partial charge in [-0.3, -0.25) is 9.53 Å². The molecule has 0 aromatic carbocycles. The predicted molar refractivity (Wildman–Crippen MR) is 138 cm³/mol. The lowest BCUT2D eigenvalue weighted by Gasteiger charge is -2.58. The van der Waals surface area contributed by atoms with Crippen LogP contribution in [0.5, 0.6) is 0 Å². The molecule has 13 unspecified atom stereocenters. The van der Waals surface area contributed by atoms with Crippen molar-refractivity contribution in [1.29, 1.82) is 0 Å². The molecule has 0 aromatic rings. The number of aliphatic hydroxyl groups excluding tert-OH is 1. The first-order valence-corrected chi connectivity index (χ1v) is 15.0. The van der Waals surface area contributed by atoms with Crippen molar-refractivity contribution in [2.45, 2.75) is 90.1 Å². The number of hydrogen-bond donors (Lipinski definition) is 2. The van der Waals surface area contributed by atoms with E-state index in [9.17, 15) is 24.6 Å². The van der Waals surface area contributed by atoms with E-state index in [1.54, 1.807) is 6.92 Å². The zero-order chi connectivity index (χ0) is 29.1. The van der Waals surface area contributed by atoms with Gasteiger partial charge in [-0.05, 0) is 55.8 Å². The quantitative estimate of drug-likeness (QED) is 0.224. The van der Waals surface area contributed by atoms with Crippen LogP contribution in [-0.4, -0.2) is 84.9 Å². The minimum absolute atomic E-state index is 0.00631. The highest BCUT2D eigenvalue weighted by molar-refractivity contribution is 5.90. The fraction of sp³-hybridized carbons (Fsp3) is 0.833. The summed E-state index contributed by atoms with van der Waals surface area (Å²) in [6.45, 7) is 7.73. The number of rotatable bonds is 10. The van der Waals surface area contributed by atoms with Gasteiger partial charge in [0.25, 0.3) is 0 Å². The number of fused-ring (bicyclic) bond motifs is 2. The van der Waals surface area contributed by atoms with Crippen LogP contribution in [-0.2, 0) is 42.8 Å². The van der Waals surface area contributed by atoms with Gasteiger partial charge >= 0.3 is 17.9 Å². The molecule has 8 rings (SSSR count). The molecule has 41 heavy (non-hydrogen) atoms. The molecule has 7 fully saturated rings. The van der Waals surface area contributed by atoms with E-state index in [1.807, 2.05) is 13.8 Å². The normalized spacial score (nSPS) is 51.8. The molecule has 8 aliphatic rings. The molecule has 4 heterocycles. The lowest BCUT2D eigenvalue weighted by molar-refractivity contribution is -0.448. The second-order valence-electron chi connectivity index (χ2n) is 13.6. The molecule has 11 heteroatoms. The van der Waals surface area contributed by atoms with Crippen LogP contribution >= 0.6 is 0 Å². The lowest BCUT2D eigenvalue weighted by Crippen LogP contribution is -2.66. The van der Waals surface area contributed by atoms with Crippen molar-refractivity contribution in [3.8, 4) is 0 Å². The van der Waals surface area contributed by atoms with Crippen molar-refractivity contribution in [2.24, 2.45) is 45.8 Å². The number of hydrogen-bond acceptors (Lipinski definition) is 10. The first-order chi connectivity index (χ1) is 19.5. The van der Waals surface area contributed by atoms with Crippen molar-refractivity contribution in [3.63, 3.8) is 0 Å². The molecule has 0 aromatic heterocycles. The molecule has 8 bridgehead atoms. The standard InChI is InChI=1S/C30H40O11/c1-5-36-20(32)11-37-21-22-24(33)30(40-23(21)25(39-22)41-30)38-13-28-10-17-15(4)6-7-18(17)27(12-31)9-16(28)8-19(14(2)3)29(27,28)26(34)35/h8,12,14-18,21-25,33H,5-7,9-11,13H2,1-4H3,(H,34,35). The van der Waals surface area contributed by atoms with Crippen LogP contribution in [0.1, 0.15) is 53.4 Å². The van der Waals surface area contributed by atoms with Crippen molar-refractivity contribution >= 4 is 18.2 Å². The first-order valence-electron chi connectivity index (χ1n) is 15.0. The fourth-order valence-corrected chi connectivity index (χ4v) is 10.4. The Morgan fingerprint density at radius 1 is 1.20 bits per heavy atom. The Hall–Kier alpha value is -1.89. The number of allylic oxidation sites excluding steroid dienone is 1. The maximum Gasteiger partial charge on any atom is 0.332 e. The Kier molecular flexibility index (Phi) is 6.17. The highest BCUT2D eigenvalue weighted by Crippen LogP contribution is 2.82. The SMILES string of the molecule is CCOC(=O)COC1C2OC3(OCC45CC6C(C)CCC6C6(C=O)CC4C=C(C(C)C)C65C(=O)O)OC2OC1C3O. The van der Waals surface area contributed by atoms with Crippen LogP contribution in [0.15, 0.2) is 11.6 Å². The van der Waals surface area contributed by atoms with Crippen LogP contribution in [0, 0.1) is 45.8 Å². The number of carboxylic acid groups (broad SMARTS) is 1. The van der Waals surface area contributed by atoms with Crippen molar-refractivity contribution in [3.05, 3.63) is 11.6 Å². The molecule has 11 nitrogen and oxygen atoms in total. The molecule has 13 atom stereocenters. The second-order valence-corrected chi connectivity index (χ2v) is 13.6. The summed E-state index contributed by atoms with van der Waals surface area (Å²) in [6, 6.07) is 0. The third-order valence-corrected chi connectivity index (χ3v) is 11.8. The van der Waals surface area contributed by atoms with Gasteiger partial charge in [-0.25, -0.2) is 4.79 Å². The predicted octanol–water partition coefficient (Wildman–Crippen LogP) is 2.04. The van der Waals surface area contributed by atoms with Gasteiger partial charge in [0.05, 0.1) is 18.6 Å². The van der Waals surface area contributed by atoms with Crippen molar-refractivity contribution in [1.82, 2.24) is 0 Å². The molecular formula is C30H40O11. The van der Waals surface area contributed by atoms with E-state index >= 15 is 0 Å². The number of ether oxygens (including phenoxy) is 6. The summed E-state index contributed by atoms with van der Waals surface area (Å²) in [4.78, 5) is 38.8. The van der Waals surface area contributed by atoms with Gasteiger partial charge in [0, 0.05) is 5.41 Å². The molecule has 3 saturated carbocycles. The summed E-state index contributed by atoms with van der Waals surface area (Å²) in [6.07, 6.45) is 1.33. The van der Waals surface area contributed by atoms with E-state index < -0.39 is 64.9 Å². The Morgan fingerprint density at radius 2 is 1.98 bits per heavy atom. The Morgan fingerprint density at radius 3 is 2.66 bits per heavy atom. The average molecular weight is 577 g/mol. The molecule has 4 aliphatic carbocycles. The molecule has 4 aliphatic heterocycles. The number of aldehydes is 1. The van der Waals surface area contributed by atoms with E-state index in [2.05, 4.69) is 13.0 Å². The number of carbonyl (C=O) groups excluding carboxylic acids is 2. The van der Waals surface area contributed by atoms with Gasteiger partial charge in [0.15, 0.2) is 12.4 Å². The third-order valence-electron chi connectivity index (χ3n) is 11.8. The third kappa shape index (κ3) is 3.17. The molecule has 226 valence electrons. The summed E-state index contributed by atoms with van der Waals surface area (Å²) in [5.74, 6) is -3.03. The van der Waals surface area contributed by atoms with Gasteiger partial charge in [-0.15, -0.1) is 0 Å². The Bertz CT molecular complexity index is 1180. The monoisotopic (exact) mass is 576 g/mol. The summed E-state index contributed by atoms with van der Waals surface area (Å²) in [7, 11) is 0. The number of carboxylic acids is 1. The smallest absolute Gasteiger partial charge is 0.332 e. The van der Waals surface area contributed by atoms with Crippen LogP contribution in [0.25, 0.3) is 0 Å². The van der Waals surface area contributed by atoms with E-state index in [1.165, 1.54) is 0 Å². The van der Waals surface area contributed by atoms with Gasteiger partial charge < -0.3 is 38.7 Å². The number of aliphatic carboxylic acids is 1. The molecule has 2 N–H and O–H groups in total. The van der Waals surface area contributed by atoms with E-state index in [0.29, 0.717) is 18.8 Å². The number of carbonyl (C=O) groups is 3. The largest absolute Gasteiger partial charge is 0.481 e. The van der Waals surface area contributed by atoms with E-state index in [0.717, 1.165) is 24.7 Å². The zero-order valence-electron chi connectivity index (χ0n) is 23.9. The highest BCUT2D eigenvalue weighted by Gasteiger charge is 2.85. The average Bonchev–Trinajstić information content (AvgIpc) is 3.66. The van der Waals surface area contributed by atoms with Crippen LogP contribution < -0.4 is 0 Å². The van der Waals surface area contributed by atoms with Crippen molar-refractivity contribution in [2.75, 3.05) is 19.8 Å². The lowest BCUT2D eigenvalue weighted by atomic mass is 9.43. The maximum absolute atomic E-state index is 13.7. The molecule has 0 radical (unpaired) electrons. The van der Waals surface area contributed by atoms with Crippen LogP contribution in [0.4, 0.5) is 0 Å². The summed E-state index contributed by atoms with van der Waals surface area (Å²) < 4.78 is 35.1. The van der Waals surface area contributed by atoms with Crippen LogP contribution in [0.3, 0.4) is 0 Å². The topological polar surface area (TPSA) is 147 Å².